The van der Waals surface area contributed by atoms with Gasteiger partial charge in [-0.2, -0.15) is 10.2 Å². The number of anilines is 4. The summed E-state index contributed by atoms with van der Waals surface area (Å²) in [6.07, 6.45) is 4.77. The Morgan fingerprint density at radius 1 is 1.17 bits per heavy atom. The number of nitriles is 1. The lowest BCUT2D eigenvalue weighted by atomic mass is 9.87. The molecule has 1 aliphatic carbocycles. The van der Waals surface area contributed by atoms with Gasteiger partial charge in [0, 0.05) is 19.1 Å². The fourth-order valence-electron chi connectivity index (χ4n) is 3.96. The summed E-state index contributed by atoms with van der Waals surface area (Å²) >= 11 is 0. The zero-order chi connectivity index (χ0) is 21.4. The molecule has 2 aliphatic rings. The van der Waals surface area contributed by atoms with E-state index in [2.05, 4.69) is 35.9 Å². The second-order valence-corrected chi connectivity index (χ2v) is 8.18. The van der Waals surface area contributed by atoms with Gasteiger partial charge in [0.05, 0.1) is 23.7 Å². The Bertz CT molecular complexity index is 993. The van der Waals surface area contributed by atoms with E-state index in [9.17, 15) is 4.79 Å². The molecule has 1 atom stereocenters. The molecule has 0 saturated heterocycles. The van der Waals surface area contributed by atoms with Crippen LogP contribution in [0.3, 0.4) is 0 Å². The average Bonchev–Trinajstić information content (AvgIpc) is 2.67. The van der Waals surface area contributed by atoms with Gasteiger partial charge >= 0.3 is 0 Å². The molecule has 0 spiro atoms. The van der Waals surface area contributed by atoms with Gasteiger partial charge in [0.15, 0.2) is 5.82 Å². The van der Waals surface area contributed by atoms with Crippen molar-refractivity contribution in [2.24, 2.45) is 5.92 Å². The van der Waals surface area contributed by atoms with E-state index < -0.39 is 0 Å². The van der Waals surface area contributed by atoms with Crippen LogP contribution in [0.2, 0.25) is 0 Å². The van der Waals surface area contributed by atoms with Gasteiger partial charge in [-0.1, -0.05) is 13.8 Å². The molecular formula is C20H25N9O. The summed E-state index contributed by atoms with van der Waals surface area (Å²) in [5, 5.41) is 18.4. The van der Waals surface area contributed by atoms with Crippen LogP contribution in [0.5, 0.6) is 0 Å². The molecule has 1 amide bonds. The highest BCUT2D eigenvalue weighted by atomic mass is 16.2. The first-order chi connectivity index (χ1) is 14.4. The molecule has 4 rings (SSSR count). The summed E-state index contributed by atoms with van der Waals surface area (Å²) in [5.74, 6) is 1.97. The molecular weight excluding hydrogens is 382 g/mol. The smallest absolute Gasteiger partial charge is 0.247 e. The number of hydrogen-bond donors (Lipinski definition) is 3. The number of hydrogen-bond acceptors (Lipinski definition) is 9. The Morgan fingerprint density at radius 3 is 2.40 bits per heavy atom. The SMILES string of the molecule is Cc1nc(NC2CC(Nc3ncc(C#N)cn3)C2)nc2c1NC(=O)[C@H](C(C)C)N2C. The van der Waals surface area contributed by atoms with Crippen molar-refractivity contribution in [1.29, 1.82) is 5.26 Å². The molecule has 1 saturated carbocycles. The van der Waals surface area contributed by atoms with Crippen LogP contribution in [0.1, 0.15) is 37.9 Å². The summed E-state index contributed by atoms with van der Waals surface area (Å²) in [5.41, 5.74) is 1.86. The van der Waals surface area contributed by atoms with E-state index in [0.29, 0.717) is 23.1 Å². The topological polar surface area (TPSA) is 132 Å². The molecule has 0 aromatic carbocycles. The quantitative estimate of drug-likeness (QED) is 0.680. The molecule has 0 bridgehead atoms. The number of aromatic nitrogens is 4. The average molecular weight is 407 g/mol. The molecule has 3 N–H and O–H groups in total. The van der Waals surface area contributed by atoms with E-state index in [-0.39, 0.29) is 30.0 Å². The predicted octanol–water partition coefficient (Wildman–Crippen LogP) is 1.91. The van der Waals surface area contributed by atoms with E-state index in [1.54, 1.807) is 0 Å². The third kappa shape index (κ3) is 3.70. The molecule has 10 nitrogen and oxygen atoms in total. The monoisotopic (exact) mass is 407 g/mol. The van der Waals surface area contributed by atoms with Crippen molar-refractivity contribution in [3.05, 3.63) is 23.7 Å². The molecule has 2 aromatic rings. The van der Waals surface area contributed by atoms with E-state index in [0.717, 1.165) is 24.4 Å². The lowest BCUT2D eigenvalue weighted by Crippen LogP contribution is -2.50. The van der Waals surface area contributed by atoms with Crippen LogP contribution in [-0.2, 0) is 4.79 Å². The molecule has 10 heteroatoms. The van der Waals surface area contributed by atoms with Crippen molar-refractivity contribution in [3.8, 4) is 6.07 Å². The number of nitrogens with one attached hydrogen (secondary N) is 3. The molecule has 30 heavy (non-hydrogen) atoms. The number of fused-ring (bicyclic) bond motifs is 1. The van der Waals surface area contributed by atoms with E-state index >= 15 is 0 Å². The first kappa shape index (κ1) is 19.8. The predicted molar refractivity (Wildman–Crippen MR) is 113 cm³/mol. The highest BCUT2D eigenvalue weighted by Crippen LogP contribution is 2.35. The van der Waals surface area contributed by atoms with Gasteiger partial charge in [-0.15, -0.1) is 0 Å². The van der Waals surface area contributed by atoms with Gasteiger partial charge in [0.25, 0.3) is 0 Å². The highest BCUT2D eigenvalue weighted by molar-refractivity contribution is 6.03. The maximum absolute atomic E-state index is 12.4. The van der Waals surface area contributed by atoms with Crippen LogP contribution in [0.4, 0.5) is 23.4 Å². The number of aryl methyl sites for hydroxylation is 1. The standard InChI is InChI=1S/C20H25N9O/c1-10(2)16-18(30)27-15-11(3)24-20(28-17(15)29(16)4)26-14-5-13(6-14)25-19-22-8-12(7-21)9-23-19/h8-10,13-14,16H,5-6H2,1-4H3,(H,27,30)(H,22,23,25)(H,24,26,28)/t13?,14?,16-/m0/s1. The number of likely N-dealkylation sites (N-methyl/N-ethyl adjacent to an activating group) is 1. The van der Waals surface area contributed by atoms with Crippen LogP contribution in [-0.4, -0.2) is 51.0 Å². The van der Waals surface area contributed by atoms with Crippen LogP contribution in [0.15, 0.2) is 12.4 Å². The summed E-state index contributed by atoms with van der Waals surface area (Å²) in [7, 11) is 1.90. The Hall–Kier alpha value is -3.48. The minimum absolute atomic E-state index is 0.0228. The number of rotatable bonds is 5. The van der Waals surface area contributed by atoms with E-state index in [1.807, 2.05) is 38.8 Å². The highest BCUT2D eigenvalue weighted by Gasteiger charge is 2.36. The number of carbonyl (C=O) groups excluding carboxylic acids is 1. The Kier molecular flexibility index (Phi) is 5.11. The molecule has 2 aromatic heterocycles. The first-order valence-electron chi connectivity index (χ1n) is 10.0. The lowest BCUT2D eigenvalue weighted by molar-refractivity contribution is -0.118. The van der Waals surface area contributed by atoms with Crippen LogP contribution in [0, 0.1) is 24.2 Å². The minimum Gasteiger partial charge on any atom is -0.351 e. The van der Waals surface area contributed by atoms with Gasteiger partial charge in [0.1, 0.15) is 17.8 Å². The third-order valence-corrected chi connectivity index (χ3v) is 5.56. The lowest BCUT2D eigenvalue weighted by Gasteiger charge is -2.38. The Morgan fingerprint density at radius 2 is 1.80 bits per heavy atom. The Balaban J connectivity index is 1.40. The number of carbonyl (C=O) groups is 1. The van der Waals surface area contributed by atoms with Crippen molar-refractivity contribution < 1.29 is 4.79 Å². The van der Waals surface area contributed by atoms with Crippen molar-refractivity contribution in [3.63, 3.8) is 0 Å². The second kappa shape index (κ2) is 7.74. The normalized spacial score (nSPS) is 22.6. The van der Waals surface area contributed by atoms with Crippen LogP contribution < -0.4 is 20.9 Å². The maximum atomic E-state index is 12.4. The molecule has 1 aliphatic heterocycles. The van der Waals surface area contributed by atoms with Crippen molar-refractivity contribution >= 4 is 29.3 Å². The summed E-state index contributed by atoms with van der Waals surface area (Å²) in [4.78, 5) is 31.9. The zero-order valence-electron chi connectivity index (χ0n) is 17.5. The largest absolute Gasteiger partial charge is 0.351 e. The van der Waals surface area contributed by atoms with Crippen molar-refractivity contribution in [2.45, 2.75) is 51.7 Å². The van der Waals surface area contributed by atoms with Crippen molar-refractivity contribution in [2.75, 3.05) is 27.9 Å². The van der Waals surface area contributed by atoms with Crippen LogP contribution >= 0.6 is 0 Å². The van der Waals surface area contributed by atoms with Gasteiger partial charge in [-0.05, 0) is 25.7 Å². The molecule has 1 fully saturated rings. The fraction of sp³-hybridized carbons (Fsp3) is 0.500. The van der Waals surface area contributed by atoms with E-state index in [4.69, 9.17) is 5.26 Å². The number of amides is 1. The van der Waals surface area contributed by atoms with Gasteiger partial charge < -0.3 is 20.9 Å². The van der Waals surface area contributed by atoms with Gasteiger partial charge in [-0.25, -0.2) is 15.0 Å². The summed E-state index contributed by atoms with van der Waals surface area (Å²) < 4.78 is 0. The number of nitrogens with zero attached hydrogens (tertiary/aromatic N) is 6. The molecule has 0 radical (unpaired) electrons. The first-order valence-corrected chi connectivity index (χ1v) is 10.0. The summed E-state index contributed by atoms with van der Waals surface area (Å²) in [6, 6.07) is 2.24. The minimum atomic E-state index is -0.260. The fourth-order valence-corrected chi connectivity index (χ4v) is 3.96. The van der Waals surface area contributed by atoms with Gasteiger partial charge in [0.2, 0.25) is 17.8 Å². The maximum Gasteiger partial charge on any atom is 0.247 e. The molecule has 156 valence electrons. The zero-order valence-corrected chi connectivity index (χ0v) is 17.5. The van der Waals surface area contributed by atoms with Crippen LogP contribution in [0.25, 0.3) is 0 Å². The third-order valence-electron chi connectivity index (χ3n) is 5.56. The molecule has 3 heterocycles. The van der Waals surface area contributed by atoms with Crippen molar-refractivity contribution in [1.82, 2.24) is 19.9 Å². The Labute approximate surface area is 175 Å². The van der Waals surface area contributed by atoms with E-state index in [1.165, 1.54) is 12.4 Å². The summed E-state index contributed by atoms with van der Waals surface area (Å²) in [6.45, 7) is 5.93. The van der Waals surface area contributed by atoms with Gasteiger partial charge in [-0.3, -0.25) is 4.79 Å². The second-order valence-electron chi connectivity index (χ2n) is 8.18. The molecule has 0 unspecified atom stereocenters.